The molecular formula is C17H20N2. The molecule has 2 aromatic rings. The van der Waals surface area contributed by atoms with E-state index in [-0.39, 0.29) is 0 Å². The number of hydrogen-bond donors (Lipinski definition) is 1. The first-order chi connectivity index (χ1) is 9.24. The second-order valence-electron chi connectivity index (χ2n) is 5.34. The molecule has 0 atom stereocenters. The molecule has 2 nitrogen and oxygen atoms in total. The van der Waals surface area contributed by atoms with Crippen LogP contribution >= 0.6 is 0 Å². The van der Waals surface area contributed by atoms with E-state index in [1.807, 2.05) is 6.07 Å². The molecule has 0 fully saturated rings. The van der Waals surface area contributed by atoms with Crippen LogP contribution in [0.3, 0.4) is 0 Å². The van der Waals surface area contributed by atoms with Crippen molar-refractivity contribution >= 4 is 11.4 Å². The maximum atomic E-state index is 5.89. The van der Waals surface area contributed by atoms with Crippen LogP contribution < -0.4 is 10.6 Å². The third-order valence-corrected chi connectivity index (χ3v) is 3.94. The van der Waals surface area contributed by atoms with Crippen molar-refractivity contribution in [1.29, 1.82) is 0 Å². The van der Waals surface area contributed by atoms with E-state index in [2.05, 4.69) is 48.2 Å². The van der Waals surface area contributed by atoms with Gasteiger partial charge in [-0.2, -0.15) is 0 Å². The van der Waals surface area contributed by atoms with E-state index in [1.165, 1.54) is 28.8 Å². The highest BCUT2D eigenvalue weighted by Crippen LogP contribution is 2.30. The molecule has 0 bridgehead atoms. The minimum absolute atomic E-state index is 0.872. The molecule has 0 aliphatic carbocycles. The minimum Gasteiger partial charge on any atom is -0.399 e. The molecule has 0 unspecified atom stereocenters. The molecule has 0 amide bonds. The number of aryl methyl sites for hydroxylation is 2. The van der Waals surface area contributed by atoms with Crippen molar-refractivity contribution in [2.24, 2.45) is 0 Å². The average Bonchev–Trinajstić information content (AvgIpc) is 2.41. The highest BCUT2D eigenvalue weighted by atomic mass is 15.1. The van der Waals surface area contributed by atoms with Gasteiger partial charge in [0, 0.05) is 24.5 Å². The third-order valence-electron chi connectivity index (χ3n) is 3.94. The Bertz CT molecular complexity index is 590. The standard InChI is InChI=1S/C17H20N2/c1-13-5-2-3-6-15(13)12-19-10-4-7-14-11-16(18)8-9-17(14)19/h2-3,5-6,8-9,11H,4,7,10,12,18H2,1H3. The Morgan fingerprint density at radius 3 is 2.84 bits per heavy atom. The van der Waals surface area contributed by atoms with Crippen LogP contribution in [0.2, 0.25) is 0 Å². The number of benzene rings is 2. The van der Waals surface area contributed by atoms with Crippen LogP contribution in [0, 0.1) is 6.92 Å². The zero-order valence-corrected chi connectivity index (χ0v) is 11.4. The highest BCUT2D eigenvalue weighted by Gasteiger charge is 2.17. The maximum absolute atomic E-state index is 5.89. The molecule has 1 heterocycles. The lowest BCUT2D eigenvalue weighted by Gasteiger charge is -2.32. The van der Waals surface area contributed by atoms with Gasteiger partial charge in [0.05, 0.1) is 0 Å². The molecule has 1 aliphatic heterocycles. The number of nitrogens with two attached hydrogens (primary N) is 1. The average molecular weight is 252 g/mol. The van der Waals surface area contributed by atoms with Gasteiger partial charge in [0.1, 0.15) is 0 Å². The quantitative estimate of drug-likeness (QED) is 0.828. The fourth-order valence-corrected chi connectivity index (χ4v) is 2.85. The Hall–Kier alpha value is -1.96. The summed E-state index contributed by atoms with van der Waals surface area (Å²) in [5.74, 6) is 0. The van der Waals surface area contributed by atoms with E-state index >= 15 is 0 Å². The van der Waals surface area contributed by atoms with Gasteiger partial charge in [-0.3, -0.25) is 0 Å². The van der Waals surface area contributed by atoms with Crippen molar-refractivity contribution in [3.8, 4) is 0 Å². The first kappa shape index (κ1) is 12.1. The maximum Gasteiger partial charge on any atom is 0.0432 e. The van der Waals surface area contributed by atoms with Crippen molar-refractivity contribution in [2.45, 2.75) is 26.3 Å². The second-order valence-corrected chi connectivity index (χ2v) is 5.34. The van der Waals surface area contributed by atoms with E-state index in [1.54, 1.807) is 0 Å². The van der Waals surface area contributed by atoms with E-state index in [9.17, 15) is 0 Å². The molecular weight excluding hydrogens is 232 g/mol. The van der Waals surface area contributed by atoms with E-state index in [0.29, 0.717) is 0 Å². The predicted molar refractivity (Wildman–Crippen MR) is 81.4 cm³/mol. The van der Waals surface area contributed by atoms with Crippen molar-refractivity contribution in [1.82, 2.24) is 0 Å². The van der Waals surface area contributed by atoms with Gasteiger partial charge in [-0.15, -0.1) is 0 Å². The largest absolute Gasteiger partial charge is 0.399 e. The second kappa shape index (κ2) is 4.96. The summed E-state index contributed by atoms with van der Waals surface area (Å²) in [7, 11) is 0. The fourth-order valence-electron chi connectivity index (χ4n) is 2.85. The summed E-state index contributed by atoms with van der Waals surface area (Å²) in [4.78, 5) is 2.47. The van der Waals surface area contributed by atoms with Crippen LogP contribution in [-0.2, 0) is 13.0 Å². The zero-order chi connectivity index (χ0) is 13.2. The Kier molecular flexibility index (Phi) is 3.16. The summed E-state index contributed by atoms with van der Waals surface area (Å²) < 4.78 is 0. The lowest BCUT2D eigenvalue weighted by atomic mass is 9.99. The lowest BCUT2D eigenvalue weighted by Crippen LogP contribution is -2.29. The molecule has 3 rings (SSSR count). The van der Waals surface area contributed by atoms with Gasteiger partial charge in [-0.05, 0) is 54.7 Å². The molecule has 2 aromatic carbocycles. The first-order valence-electron chi connectivity index (χ1n) is 6.92. The molecule has 2 heteroatoms. The molecule has 2 N–H and O–H groups in total. The SMILES string of the molecule is Cc1ccccc1CN1CCCc2cc(N)ccc21. The number of fused-ring (bicyclic) bond motifs is 1. The van der Waals surface area contributed by atoms with Crippen LogP contribution in [0.15, 0.2) is 42.5 Å². The molecule has 0 saturated carbocycles. The lowest BCUT2D eigenvalue weighted by molar-refractivity contribution is 0.690. The van der Waals surface area contributed by atoms with Crippen LogP contribution in [0.4, 0.5) is 11.4 Å². The molecule has 0 saturated heterocycles. The third kappa shape index (κ3) is 2.43. The van der Waals surface area contributed by atoms with Gasteiger partial charge < -0.3 is 10.6 Å². The van der Waals surface area contributed by atoms with Crippen molar-refractivity contribution < 1.29 is 0 Å². The van der Waals surface area contributed by atoms with Crippen molar-refractivity contribution in [3.05, 3.63) is 59.2 Å². The summed E-state index contributed by atoms with van der Waals surface area (Å²) in [6.45, 7) is 4.30. The molecule has 98 valence electrons. The number of anilines is 2. The normalized spacial score (nSPS) is 14.3. The summed E-state index contributed by atoms with van der Waals surface area (Å²) in [5.41, 5.74) is 12.3. The van der Waals surface area contributed by atoms with Crippen LogP contribution in [0.5, 0.6) is 0 Å². The van der Waals surface area contributed by atoms with Gasteiger partial charge in [0.25, 0.3) is 0 Å². The molecule has 0 radical (unpaired) electrons. The Labute approximate surface area is 114 Å². The molecule has 19 heavy (non-hydrogen) atoms. The summed E-state index contributed by atoms with van der Waals surface area (Å²) >= 11 is 0. The van der Waals surface area contributed by atoms with Gasteiger partial charge in [0.2, 0.25) is 0 Å². The topological polar surface area (TPSA) is 29.3 Å². The van der Waals surface area contributed by atoms with Crippen LogP contribution in [0.1, 0.15) is 23.1 Å². The van der Waals surface area contributed by atoms with Crippen molar-refractivity contribution in [2.75, 3.05) is 17.2 Å². The Balaban J connectivity index is 1.90. The molecule has 1 aliphatic rings. The number of nitrogens with zero attached hydrogens (tertiary/aromatic N) is 1. The summed E-state index contributed by atoms with van der Waals surface area (Å²) in [6, 6.07) is 14.9. The zero-order valence-electron chi connectivity index (χ0n) is 11.4. The first-order valence-corrected chi connectivity index (χ1v) is 6.92. The Morgan fingerprint density at radius 1 is 1.16 bits per heavy atom. The summed E-state index contributed by atoms with van der Waals surface area (Å²) in [5, 5.41) is 0. The van der Waals surface area contributed by atoms with Gasteiger partial charge in [-0.25, -0.2) is 0 Å². The smallest absolute Gasteiger partial charge is 0.0432 e. The van der Waals surface area contributed by atoms with Gasteiger partial charge in [0.15, 0.2) is 0 Å². The van der Waals surface area contributed by atoms with Gasteiger partial charge >= 0.3 is 0 Å². The number of rotatable bonds is 2. The van der Waals surface area contributed by atoms with E-state index in [0.717, 1.165) is 25.2 Å². The van der Waals surface area contributed by atoms with E-state index < -0.39 is 0 Å². The van der Waals surface area contributed by atoms with Gasteiger partial charge in [-0.1, -0.05) is 24.3 Å². The fraction of sp³-hybridized carbons (Fsp3) is 0.294. The predicted octanol–water partition coefficient (Wildman–Crippen LogP) is 3.53. The molecule has 0 aromatic heterocycles. The summed E-state index contributed by atoms with van der Waals surface area (Å²) in [6.07, 6.45) is 2.35. The number of nitrogen functional groups attached to an aromatic ring is 1. The minimum atomic E-state index is 0.872. The number of hydrogen-bond acceptors (Lipinski definition) is 2. The van der Waals surface area contributed by atoms with Crippen LogP contribution in [0.25, 0.3) is 0 Å². The highest BCUT2D eigenvalue weighted by molar-refractivity contribution is 5.61. The Morgan fingerprint density at radius 2 is 2.00 bits per heavy atom. The molecule has 0 spiro atoms. The monoisotopic (exact) mass is 252 g/mol. The van der Waals surface area contributed by atoms with Crippen LogP contribution in [-0.4, -0.2) is 6.54 Å². The van der Waals surface area contributed by atoms with E-state index in [4.69, 9.17) is 5.73 Å². The van der Waals surface area contributed by atoms with Crippen molar-refractivity contribution in [3.63, 3.8) is 0 Å².